The molecule has 0 atom stereocenters. The molecule has 0 aliphatic heterocycles. The van der Waals surface area contributed by atoms with Crippen LogP contribution in [0, 0.1) is 0 Å². The van der Waals surface area contributed by atoms with Crippen molar-refractivity contribution in [1.82, 2.24) is 0 Å². The third-order valence-corrected chi connectivity index (χ3v) is 1.79. The molecule has 0 fully saturated rings. The first kappa shape index (κ1) is 13.5. The van der Waals surface area contributed by atoms with Crippen molar-refractivity contribution in [2.45, 2.75) is 25.7 Å². The Balaban J connectivity index is 3.41. The standard InChI is InChI=1S/C8H12Cl2O4/c9-5-1-3-7(11)13-14-8(12)4-2-6-10/h1-6H2. The van der Waals surface area contributed by atoms with E-state index in [9.17, 15) is 9.59 Å². The SMILES string of the molecule is O=C(CCCCl)OOC(=O)CCCCl. The summed E-state index contributed by atoms with van der Waals surface area (Å²) in [5.74, 6) is -0.445. The third-order valence-electron chi connectivity index (χ3n) is 1.26. The average molecular weight is 243 g/mol. The Bertz CT molecular complexity index is 164. The molecule has 0 aromatic heterocycles. The Morgan fingerprint density at radius 3 is 1.50 bits per heavy atom. The Labute approximate surface area is 92.4 Å². The number of hydrogen-bond donors (Lipinski definition) is 0. The summed E-state index contributed by atoms with van der Waals surface area (Å²) >= 11 is 10.7. The molecule has 0 N–H and O–H groups in total. The van der Waals surface area contributed by atoms with Crippen LogP contribution in [0.1, 0.15) is 25.7 Å². The Morgan fingerprint density at radius 1 is 0.857 bits per heavy atom. The lowest BCUT2D eigenvalue weighted by Crippen LogP contribution is -2.11. The lowest BCUT2D eigenvalue weighted by Gasteiger charge is -2.01. The molecule has 0 unspecified atom stereocenters. The van der Waals surface area contributed by atoms with Gasteiger partial charge in [0.1, 0.15) is 0 Å². The molecule has 0 radical (unpaired) electrons. The minimum atomic E-state index is -0.593. The largest absolute Gasteiger partial charge is 0.355 e. The van der Waals surface area contributed by atoms with E-state index in [0.29, 0.717) is 24.6 Å². The van der Waals surface area contributed by atoms with Gasteiger partial charge in [-0.15, -0.1) is 23.2 Å². The average Bonchev–Trinajstić information content (AvgIpc) is 2.20. The van der Waals surface area contributed by atoms with Gasteiger partial charge in [-0.25, -0.2) is 19.4 Å². The molecule has 0 saturated carbocycles. The van der Waals surface area contributed by atoms with Crippen molar-refractivity contribution in [3.63, 3.8) is 0 Å². The van der Waals surface area contributed by atoms with Crippen molar-refractivity contribution in [2.75, 3.05) is 11.8 Å². The Morgan fingerprint density at radius 2 is 1.21 bits per heavy atom. The topological polar surface area (TPSA) is 52.6 Å². The minimum Gasteiger partial charge on any atom is -0.247 e. The summed E-state index contributed by atoms with van der Waals surface area (Å²) in [4.78, 5) is 30.0. The van der Waals surface area contributed by atoms with Crippen LogP contribution in [0.15, 0.2) is 0 Å². The van der Waals surface area contributed by atoms with Crippen LogP contribution in [-0.4, -0.2) is 23.7 Å². The molecule has 0 aromatic rings. The first-order valence-electron chi connectivity index (χ1n) is 4.22. The van der Waals surface area contributed by atoms with Crippen LogP contribution in [0.3, 0.4) is 0 Å². The first-order valence-corrected chi connectivity index (χ1v) is 5.29. The Hall–Kier alpha value is -0.480. The van der Waals surface area contributed by atoms with E-state index < -0.39 is 11.9 Å². The van der Waals surface area contributed by atoms with Gasteiger partial charge in [0.25, 0.3) is 0 Å². The smallest absolute Gasteiger partial charge is 0.247 e. The molecule has 0 bridgehead atoms. The summed E-state index contributed by atoms with van der Waals surface area (Å²) in [6.45, 7) is 0. The first-order chi connectivity index (χ1) is 6.70. The van der Waals surface area contributed by atoms with Gasteiger partial charge >= 0.3 is 11.9 Å². The van der Waals surface area contributed by atoms with Gasteiger partial charge in [-0.1, -0.05) is 0 Å². The van der Waals surface area contributed by atoms with Crippen LogP contribution in [0.4, 0.5) is 0 Å². The van der Waals surface area contributed by atoms with E-state index in [1.54, 1.807) is 0 Å². The highest BCUT2D eigenvalue weighted by Crippen LogP contribution is 1.99. The van der Waals surface area contributed by atoms with E-state index in [-0.39, 0.29) is 12.8 Å². The summed E-state index contributed by atoms with van der Waals surface area (Å²) in [6.07, 6.45) is 1.29. The highest BCUT2D eigenvalue weighted by molar-refractivity contribution is 6.18. The van der Waals surface area contributed by atoms with Gasteiger partial charge < -0.3 is 0 Å². The second kappa shape index (κ2) is 9.09. The maximum atomic E-state index is 10.8. The summed E-state index contributed by atoms with van der Waals surface area (Å²) in [7, 11) is 0. The highest BCUT2D eigenvalue weighted by Gasteiger charge is 2.08. The van der Waals surface area contributed by atoms with E-state index in [4.69, 9.17) is 23.2 Å². The van der Waals surface area contributed by atoms with Crippen molar-refractivity contribution in [2.24, 2.45) is 0 Å². The van der Waals surface area contributed by atoms with Crippen LogP contribution in [0.5, 0.6) is 0 Å². The monoisotopic (exact) mass is 242 g/mol. The van der Waals surface area contributed by atoms with E-state index in [2.05, 4.69) is 9.78 Å². The van der Waals surface area contributed by atoms with Crippen molar-refractivity contribution in [3.05, 3.63) is 0 Å². The van der Waals surface area contributed by atoms with E-state index in [1.807, 2.05) is 0 Å². The van der Waals surface area contributed by atoms with Crippen LogP contribution < -0.4 is 0 Å². The fourth-order valence-corrected chi connectivity index (χ4v) is 0.866. The van der Waals surface area contributed by atoms with Gasteiger partial charge in [0.2, 0.25) is 0 Å². The summed E-state index contributed by atoms with van der Waals surface area (Å²) in [5, 5.41) is 0. The number of halogens is 2. The fourth-order valence-electron chi connectivity index (χ4n) is 0.599. The summed E-state index contributed by atoms with van der Waals surface area (Å²) < 4.78 is 0. The van der Waals surface area contributed by atoms with Crippen LogP contribution in [0.2, 0.25) is 0 Å². The zero-order chi connectivity index (χ0) is 10.8. The maximum absolute atomic E-state index is 10.8. The van der Waals surface area contributed by atoms with Gasteiger partial charge in [0, 0.05) is 11.8 Å². The molecule has 82 valence electrons. The van der Waals surface area contributed by atoms with Crippen molar-refractivity contribution in [3.8, 4) is 0 Å². The zero-order valence-corrected chi connectivity index (χ0v) is 9.14. The summed E-state index contributed by atoms with van der Waals surface area (Å²) in [5.41, 5.74) is 0. The maximum Gasteiger partial charge on any atom is 0.355 e. The zero-order valence-electron chi connectivity index (χ0n) is 7.63. The second-order valence-electron chi connectivity index (χ2n) is 2.50. The molecule has 0 aliphatic rings. The lowest BCUT2D eigenvalue weighted by atomic mass is 10.3. The van der Waals surface area contributed by atoms with Crippen molar-refractivity contribution >= 4 is 35.1 Å². The predicted molar refractivity (Wildman–Crippen MR) is 52.1 cm³/mol. The molecule has 4 nitrogen and oxygen atoms in total. The minimum absolute atomic E-state index is 0.145. The molecule has 0 saturated heterocycles. The number of alkyl halides is 2. The van der Waals surface area contributed by atoms with Crippen molar-refractivity contribution in [1.29, 1.82) is 0 Å². The van der Waals surface area contributed by atoms with Gasteiger partial charge in [-0.05, 0) is 12.8 Å². The normalized spacial score (nSPS) is 9.57. The molecule has 6 heteroatoms. The fraction of sp³-hybridized carbons (Fsp3) is 0.750. The second-order valence-corrected chi connectivity index (χ2v) is 3.25. The molecule has 0 aliphatic carbocycles. The van der Waals surface area contributed by atoms with Gasteiger partial charge in [-0.3, -0.25) is 0 Å². The van der Waals surface area contributed by atoms with Crippen LogP contribution >= 0.6 is 23.2 Å². The molecule has 0 aromatic carbocycles. The number of carbonyl (C=O) groups is 2. The van der Waals surface area contributed by atoms with Gasteiger partial charge in [0.15, 0.2) is 0 Å². The molecular formula is C8H12Cl2O4. The summed E-state index contributed by atoms with van der Waals surface area (Å²) in [6, 6.07) is 0. The Kier molecular flexibility index (Phi) is 8.78. The molecular weight excluding hydrogens is 231 g/mol. The lowest BCUT2D eigenvalue weighted by molar-refractivity contribution is -0.259. The highest BCUT2D eigenvalue weighted by atomic mass is 35.5. The number of hydrogen-bond acceptors (Lipinski definition) is 4. The van der Waals surface area contributed by atoms with Gasteiger partial charge in [0.05, 0.1) is 12.8 Å². The van der Waals surface area contributed by atoms with Crippen LogP contribution in [-0.2, 0) is 19.4 Å². The quantitative estimate of drug-likeness (QED) is 0.407. The van der Waals surface area contributed by atoms with Crippen LogP contribution in [0.25, 0.3) is 0 Å². The number of rotatable bonds is 6. The molecule has 0 spiro atoms. The van der Waals surface area contributed by atoms with Gasteiger partial charge in [-0.2, -0.15) is 0 Å². The third kappa shape index (κ3) is 8.13. The molecule has 14 heavy (non-hydrogen) atoms. The number of carbonyl (C=O) groups excluding carboxylic acids is 2. The molecule has 0 amide bonds. The van der Waals surface area contributed by atoms with E-state index in [0.717, 1.165) is 0 Å². The van der Waals surface area contributed by atoms with E-state index in [1.165, 1.54) is 0 Å². The molecule has 0 heterocycles. The van der Waals surface area contributed by atoms with Crippen molar-refractivity contribution < 1.29 is 19.4 Å². The van der Waals surface area contributed by atoms with E-state index >= 15 is 0 Å². The molecule has 0 rings (SSSR count). The predicted octanol–water partition coefficient (Wildman–Crippen LogP) is 2.03.